The third-order valence-corrected chi connectivity index (χ3v) is 3.12. The zero-order valence-corrected chi connectivity index (χ0v) is 11.8. The average Bonchev–Trinajstić information content (AvgIpc) is 2.44. The number of carbonyl (C=O) groups excluding carboxylic acids is 1. The second-order valence-electron chi connectivity index (χ2n) is 4.49. The highest BCUT2D eigenvalue weighted by Gasteiger charge is 2.09. The lowest BCUT2D eigenvalue weighted by atomic mass is 10.1. The molecular formula is C16H12ClFN2O. The fourth-order valence-corrected chi connectivity index (χ4v) is 2.00. The summed E-state index contributed by atoms with van der Waals surface area (Å²) >= 11 is 5.66. The van der Waals surface area contributed by atoms with Crippen LogP contribution in [0.15, 0.2) is 42.5 Å². The average molecular weight is 303 g/mol. The number of rotatable bonds is 4. The van der Waals surface area contributed by atoms with Crippen molar-refractivity contribution < 1.29 is 9.18 Å². The largest absolute Gasteiger partial charge is 0.326 e. The Morgan fingerprint density at radius 1 is 1.24 bits per heavy atom. The van der Waals surface area contributed by atoms with Gasteiger partial charge in [0.2, 0.25) is 5.91 Å². The first-order chi connectivity index (χ1) is 10.1. The number of anilines is 1. The van der Waals surface area contributed by atoms with Crippen LogP contribution in [-0.2, 0) is 17.6 Å². The van der Waals surface area contributed by atoms with Crippen molar-refractivity contribution >= 4 is 23.2 Å². The van der Waals surface area contributed by atoms with Crippen LogP contribution in [0.5, 0.6) is 0 Å². The molecule has 2 aromatic carbocycles. The molecule has 0 bridgehead atoms. The lowest BCUT2D eigenvalue weighted by Gasteiger charge is -2.07. The SMILES string of the molecule is N#CCc1ccc(NC(=O)Cc2ccc(Cl)cc2F)cc1. The van der Waals surface area contributed by atoms with Gasteiger partial charge in [0.05, 0.1) is 18.9 Å². The fourth-order valence-electron chi connectivity index (χ4n) is 1.84. The number of hydrogen-bond acceptors (Lipinski definition) is 2. The van der Waals surface area contributed by atoms with Gasteiger partial charge < -0.3 is 5.32 Å². The Hall–Kier alpha value is -2.38. The lowest BCUT2D eigenvalue weighted by Crippen LogP contribution is -2.15. The number of amides is 1. The van der Waals surface area contributed by atoms with E-state index < -0.39 is 5.82 Å². The van der Waals surface area contributed by atoms with Crippen molar-refractivity contribution in [1.29, 1.82) is 5.26 Å². The Morgan fingerprint density at radius 2 is 1.95 bits per heavy atom. The van der Waals surface area contributed by atoms with Crippen molar-refractivity contribution in [3.63, 3.8) is 0 Å². The van der Waals surface area contributed by atoms with Gasteiger partial charge in [-0.15, -0.1) is 0 Å². The fraction of sp³-hybridized carbons (Fsp3) is 0.125. The van der Waals surface area contributed by atoms with E-state index in [4.69, 9.17) is 16.9 Å². The molecule has 21 heavy (non-hydrogen) atoms. The Bertz CT molecular complexity index is 692. The van der Waals surface area contributed by atoms with Crippen LogP contribution in [0.4, 0.5) is 10.1 Å². The van der Waals surface area contributed by atoms with Crippen molar-refractivity contribution in [3.05, 3.63) is 64.4 Å². The summed E-state index contributed by atoms with van der Waals surface area (Å²) in [4.78, 5) is 11.9. The predicted octanol–water partition coefficient (Wildman–Crippen LogP) is 3.73. The summed E-state index contributed by atoms with van der Waals surface area (Å²) in [5.41, 5.74) is 1.77. The number of halogens is 2. The van der Waals surface area contributed by atoms with Gasteiger partial charge in [-0.05, 0) is 35.4 Å². The van der Waals surface area contributed by atoms with Crippen LogP contribution in [-0.4, -0.2) is 5.91 Å². The lowest BCUT2D eigenvalue weighted by molar-refractivity contribution is -0.115. The molecule has 0 atom stereocenters. The maximum absolute atomic E-state index is 13.6. The maximum Gasteiger partial charge on any atom is 0.228 e. The van der Waals surface area contributed by atoms with Gasteiger partial charge in [-0.2, -0.15) is 5.26 Å². The first-order valence-corrected chi connectivity index (χ1v) is 6.66. The Labute approximate surface area is 127 Å². The second-order valence-corrected chi connectivity index (χ2v) is 4.93. The van der Waals surface area contributed by atoms with E-state index in [-0.39, 0.29) is 17.9 Å². The summed E-state index contributed by atoms with van der Waals surface area (Å²) in [6, 6.07) is 13.2. The number of nitriles is 1. The molecule has 0 saturated carbocycles. The van der Waals surface area contributed by atoms with Crippen LogP contribution < -0.4 is 5.32 Å². The van der Waals surface area contributed by atoms with E-state index in [2.05, 4.69) is 5.32 Å². The van der Waals surface area contributed by atoms with Crippen LogP contribution in [0.25, 0.3) is 0 Å². The molecule has 0 spiro atoms. The quantitative estimate of drug-likeness (QED) is 0.935. The minimum Gasteiger partial charge on any atom is -0.326 e. The Kier molecular flexibility index (Phi) is 4.91. The molecule has 0 unspecified atom stereocenters. The first-order valence-electron chi connectivity index (χ1n) is 6.28. The molecule has 3 nitrogen and oxygen atoms in total. The topological polar surface area (TPSA) is 52.9 Å². The summed E-state index contributed by atoms with van der Waals surface area (Å²) in [6.45, 7) is 0. The van der Waals surface area contributed by atoms with Gasteiger partial charge in [0.25, 0.3) is 0 Å². The summed E-state index contributed by atoms with van der Waals surface area (Å²) < 4.78 is 13.6. The molecule has 5 heteroatoms. The Balaban J connectivity index is 1.99. The molecule has 1 N–H and O–H groups in total. The molecule has 0 radical (unpaired) electrons. The van der Waals surface area contributed by atoms with Crippen molar-refractivity contribution in [1.82, 2.24) is 0 Å². The van der Waals surface area contributed by atoms with Gasteiger partial charge in [-0.3, -0.25) is 4.79 Å². The van der Waals surface area contributed by atoms with Crippen molar-refractivity contribution in [2.45, 2.75) is 12.8 Å². The predicted molar refractivity (Wildman–Crippen MR) is 79.5 cm³/mol. The molecule has 1 amide bonds. The third-order valence-electron chi connectivity index (χ3n) is 2.89. The summed E-state index contributed by atoms with van der Waals surface area (Å²) in [6.07, 6.45) is 0.257. The zero-order valence-electron chi connectivity index (χ0n) is 11.1. The van der Waals surface area contributed by atoms with Crippen molar-refractivity contribution in [2.24, 2.45) is 0 Å². The number of hydrogen-bond donors (Lipinski definition) is 1. The number of carbonyl (C=O) groups is 1. The van der Waals surface area contributed by atoms with Gasteiger partial charge in [-0.25, -0.2) is 4.39 Å². The normalized spacial score (nSPS) is 9.95. The molecule has 0 fully saturated rings. The van der Waals surface area contributed by atoms with Crippen LogP contribution >= 0.6 is 11.6 Å². The standard InChI is InChI=1S/C16H12ClFN2O/c17-13-4-3-12(15(18)10-13)9-16(21)20-14-5-1-11(2-6-14)7-8-19/h1-6,10H,7,9H2,(H,20,21). The van der Waals surface area contributed by atoms with Crippen LogP contribution in [0.1, 0.15) is 11.1 Å². The number of benzene rings is 2. The molecule has 0 aromatic heterocycles. The monoisotopic (exact) mass is 302 g/mol. The maximum atomic E-state index is 13.6. The highest BCUT2D eigenvalue weighted by Crippen LogP contribution is 2.16. The summed E-state index contributed by atoms with van der Waals surface area (Å²) in [5, 5.41) is 11.6. The van der Waals surface area contributed by atoms with Crippen LogP contribution in [0, 0.1) is 17.1 Å². The van der Waals surface area contributed by atoms with Crippen LogP contribution in [0.2, 0.25) is 5.02 Å². The van der Waals surface area contributed by atoms with E-state index in [1.54, 1.807) is 30.3 Å². The van der Waals surface area contributed by atoms with E-state index in [0.29, 0.717) is 17.1 Å². The highest BCUT2D eigenvalue weighted by molar-refractivity contribution is 6.30. The molecule has 2 aromatic rings. The molecular weight excluding hydrogens is 291 g/mol. The molecule has 106 valence electrons. The summed E-state index contributed by atoms with van der Waals surface area (Å²) in [7, 11) is 0. The van der Waals surface area contributed by atoms with E-state index in [1.807, 2.05) is 6.07 Å². The smallest absolute Gasteiger partial charge is 0.228 e. The van der Waals surface area contributed by atoms with Crippen LogP contribution in [0.3, 0.4) is 0 Å². The van der Waals surface area contributed by atoms with Gasteiger partial charge in [0, 0.05) is 10.7 Å². The van der Waals surface area contributed by atoms with E-state index in [9.17, 15) is 9.18 Å². The molecule has 0 heterocycles. The third kappa shape index (κ3) is 4.30. The van der Waals surface area contributed by atoms with Gasteiger partial charge in [0.15, 0.2) is 0 Å². The van der Waals surface area contributed by atoms with E-state index in [1.165, 1.54) is 12.1 Å². The number of nitrogens with one attached hydrogen (secondary N) is 1. The minimum atomic E-state index is -0.498. The molecule has 0 aliphatic carbocycles. The van der Waals surface area contributed by atoms with Gasteiger partial charge in [0.1, 0.15) is 5.82 Å². The highest BCUT2D eigenvalue weighted by atomic mass is 35.5. The van der Waals surface area contributed by atoms with Gasteiger partial charge in [-0.1, -0.05) is 29.8 Å². The second kappa shape index (κ2) is 6.87. The van der Waals surface area contributed by atoms with E-state index in [0.717, 1.165) is 5.56 Å². The molecule has 0 aliphatic rings. The first kappa shape index (κ1) is 15.0. The minimum absolute atomic E-state index is 0.0665. The zero-order chi connectivity index (χ0) is 15.2. The number of nitrogens with zero attached hydrogens (tertiary/aromatic N) is 1. The Morgan fingerprint density at radius 3 is 2.57 bits per heavy atom. The van der Waals surface area contributed by atoms with Crippen molar-refractivity contribution in [2.75, 3.05) is 5.32 Å². The molecule has 2 rings (SSSR count). The van der Waals surface area contributed by atoms with E-state index >= 15 is 0 Å². The van der Waals surface area contributed by atoms with Gasteiger partial charge >= 0.3 is 0 Å². The molecule has 0 saturated heterocycles. The summed E-state index contributed by atoms with van der Waals surface area (Å²) in [5.74, 6) is -0.814. The van der Waals surface area contributed by atoms with Crippen molar-refractivity contribution in [3.8, 4) is 6.07 Å². The molecule has 0 aliphatic heterocycles.